The molecule has 10 nitrogen and oxygen atoms in total. The summed E-state index contributed by atoms with van der Waals surface area (Å²) in [5.74, 6) is -1.46. The molecule has 3 N–H and O–H groups in total. The van der Waals surface area contributed by atoms with Crippen LogP contribution < -0.4 is 20.3 Å². The summed E-state index contributed by atoms with van der Waals surface area (Å²) in [6.45, 7) is 2.85. The molecule has 170 valence electrons. The Hall–Kier alpha value is -2.48. The number of morpholine rings is 1. The van der Waals surface area contributed by atoms with Gasteiger partial charge in [0.25, 0.3) is 0 Å². The van der Waals surface area contributed by atoms with E-state index in [1.165, 1.54) is 30.4 Å². The van der Waals surface area contributed by atoms with Crippen LogP contribution in [0.2, 0.25) is 0 Å². The highest BCUT2D eigenvalue weighted by Crippen LogP contribution is 2.22. The smallest absolute Gasteiger partial charge is 0.245 e. The highest BCUT2D eigenvalue weighted by atomic mass is 32.2. The van der Waals surface area contributed by atoms with Crippen LogP contribution in [-0.2, 0) is 34.4 Å². The molecular formula is C20H21N3O7S2. The van der Waals surface area contributed by atoms with Crippen molar-refractivity contribution >= 4 is 54.7 Å². The number of carbonyl (C=O) groups excluding carboxylic acids is 2. The predicted octanol–water partition coefficient (Wildman–Crippen LogP) is -2.37. The van der Waals surface area contributed by atoms with Crippen LogP contribution in [0.3, 0.4) is 0 Å². The molecule has 0 saturated carbocycles. The number of fused-ring (bicyclic) bond motifs is 2. The van der Waals surface area contributed by atoms with Crippen molar-refractivity contribution in [2.24, 2.45) is 5.14 Å². The largest absolute Gasteiger partial charge is 0.379 e. The van der Waals surface area contributed by atoms with E-state index in [0.29, 0.717) is 43.6 Å². The summed E-state index contributed by atoms with van der Waals surface area (Å²) in [5.41, 5.74) is 0.699. The number of ketones is 2. The number of allylic oxidation sites excluding steroid dienone is 2. The van der Waals surface area contributed by atoms with Gasteiger partial charge in [0, 0.05) is 31.4 Å². The lowest BCUT2D eigenvalue weighted by Gasteiger charge is -2.26. The van der Waals surface area contributed by atoms with Crippen LogP contribution in [0.1, 0.15) is 11.1 Å². The molecule has 0 radical (unpaired) electrons. The third kappa shape index (κ3) is 4.51. The van der Waals surface area contributed by atoms with Crippen molar-refractivity contribution in [3.05, 3.63) is 44.7 Å². The van der Waals surface area contributed by atoms with Gasteiger partial charge >= 0.3 is 0 Å². The summed E-state index contributed by atoms with van der Waals surface area (Å²) in [6.07, 6.45) is 5.21. The molecule has 0 bridgehead atoms. The molecule has 0 unspecified atom stereocenters. The number of ether oxygens (including phenoxy) is 1. The number of sulfonamides is 2. The molecule has 1 aliphatic heterocycles. The Labute approximate surface area is 184 Å². The van der Waals surface area contributed by atoms with Gasteiger partial charge in [0.1, 0.15) is 9.81 Å². The molecule has 12 heteroatoms. The van der Waals surface area contributed by atoms with Gasteiger partial charge in [-0.1, -0.05) is 6.08 Å². The fraction of sp³-hybridized carbons (Fsp3) is 0.300. The van der Waals surface area contributed by atoms with E-state index in [-0.39, 0.29) is 23.1 Å². The maximum absolute atomic E-state index is 13.1. The number of rotatable bonds is 6. The quantitative estimate of drug-likeness (QED) is 0.459. The first-order valence-electron chi connectivity index (χ1n) is 9.77. The molecule has 0 atom stereocenters. The van der Waals surface area contributed by atoms with Crippen LogP contribution >= 0.6 is 0 Å². The second kappa shape index (κ2) is 8.46. The van der Waals surface area contributed by atoms with Gasteiger partial charge in [-0.3, -0.25) is 14.5 Å². The highest BCUT2D eigenvalue weighted by Gasteiger charge is 2.36. The normalized spacial score (nSPS) is 19.3. The molecule has 1 aromatic rings. The average Bonchev–Trinajstić information content (AvgIpc) is 2.71. The fourth-order valence-corrected chi connectivity index (χ4v) is 5.80. The summed E-state index contributed by atoms with van der Waals surface area (Å²) in [5, 5.41) is 5.71. The Morgan fingerprint density at radius 1 is 1.00 bits per heavy atom. The Morgan fingerprint density at radius 2 is 1.72 bits per heavy atom. The van der Waals surface area contributed by atoms with Gasteiger partial charge in [0.15, 0.2) is 5.78 Å². The van der Waals surface area contributed by atoms with E-state index in [0.717, 1.165) is 6.08 Å². The summed E-state index contributed by atoms with van der Waals surface area (Å²) in [4.78, 5) is 25.2. The average molecular weight is 480 g/mol. The van der Waals surface area contributed by atoms with Crippen molar-refractivity contribution in [1.82, 2.24) is 9.62 Å². The SMILES string of the molecule is NS(=O)(=O)C1=Cc2cc3c(cc2=C(S(=O)(=O)NCCN2CCOCC2)C1=O)C=CC(=O)C=3. The van der Waals surface area contributed by atoms with Crippen LogP contribution in [0.4, 0.5) is 0 Å². The first kappa shape index (κ1) is 22.7. The van der Waals surface area contributed by atoms with Crippen molar-refractivity contribution in [2.75, 3.05) is 39.4 Å². The molecular weight excluding hydrogens is 458 g/mol. The Kier molecular flexibility index (Phi) is 6.00. The molecule has 3 aliphatic rings. The molecule has 0 aromatic heterocycles. The third-order valence-corrected chi connectivity index (χ3v) is 7.78. The lowest BCUT2D eigenvalue weighted by atomic mass is 9.97. The monoisotopic (exact) mass is 479 g/mol. The van der Waals surface area contributed by atoms with Gasteiger partial charge in [-0.15, -0.1) is 0 Å². The minimum absolute atomic E-state index is 0.0238. The number of benzene rings is 1. The molecule has 1 aromatic carbocycles. The zero-order chi connectivity index (χ0) is 23.1. The van der Waals surface area contributed by atoms with E-state index in [2.05, 4.69) is 4.72 Å². The van der Waals surface area contributed by atoms with Crippen LogP contribution in [0.5, 0.6) is 0 Å². The number of hydrogen-bond acceptors (Lipinski definition) is 8. The first-order chi connectivity index (χ1) is 15.1. The number of nitrogens with zero attached hydrogens (tertiary/aromatic N) is 1. The van der Waals surface area contributed by atoms with E-state index in [4.69, 9.17) is 9.88 Å². The van der Waals surface area contributed by atoms with E-state index < -0.39 is 35.6 Å². The van der Waals surface area contributed by atoms with Crippen molar-refractivity contribution in [3.63, 3.8) is 0 Å². The Balaban J connectivity index is 1.79. The van der Waals surface area contributed by atoms with Gasteiger partial charge in [-0.2, -0.15) is 0 Å². The summed E-state index contributed by atoms with van der Waals surface area (Å²) >= 11 is 0. The standard InChI is InChI=1S/C20H21N3O7S2/c21-31(26,27)18-12-15-9-14-10-16(24)2-1-13(14)11-17(15)20(19(18)25)32(28,29)22-3-4-23-5-7-30-8-6-23/h1-2,9-12,22H,3-8H2,(H2,21,26,27). The molecule has 1 fully saturated rings. The number of carbonyl (C=O) groups is 2. The lowest BCUT2D eigenvalue weighted by molar-refractivity contribution is -0.110. The molecule has 0 amide bonds. The van der Waals surface area contributed by atoms with E-state index >= 15 is 0 Å². The van der Waals surface area contributed by atoms with Gasteiger partial charge in [-0.05, 0) is 46.7 Å². The zero-order valence-electron chi connectivity index (χ0n) is 16.9. The van der Waals surface area contributed by atoms with Crippen LogP contribution in [0, 0.1) is 0 Å². The second-order valence-electron chi connectivity index (χ2n) is 7.51. The van der Waals surface area contributed by atoms with Gasteiger partial charge in [0.05, 0.1) is 13.2 Å². The van der Waals surface area contributed by atoms with Gasteiger partial charge in [0.2, 0.25) is 25.8 Å². The molecule has 2 aliphatic carbocycles. The maximum Gasteiger partial charge on any atom is 0.245 e. The molecule has 4 rings (SSSR count). The van der Waals surface area contributed by atoms with E-state index in [1.54, 1.807) is 0 Å². The topological polar surface area (TPSA) is 153 Å². The van der Waals surface area contributed by atoms with Gasteiger partial charge in [-0.25, -0.2) is 26.7 Å². The maximum atomic E-state index is 13.1. The lowest BCUT2D eigenvalue weighted by Crippen LogP contribution is -2.43. The zero-order valence-corrected chi connectivity index (χ0v) is 18.5. The number of nitrogens with one attached hydrogen (secondary N) is 1. The third-order valence-electron chi connectivity index (χ3n) is 5.34. The number of primary sulfonamides is 1. The molecule has 0 spiro atoms. The van der Waals surface area contributed by atoms with Crippen LogP contribution in [-0.4, -0.2) is 72.7 Å². The molecule has 1 heterocycles. The van der Waals surface area contributed by atoms with E-state index in [1.807, 2.05) is 4.90 Å². The minimum Gasteiger partial charge on any atom is -0.379 e. The Bertz CT molecular complexity index is 1400. The predicted molar refractivity (Wildman–Crippen MR) is 118 cm³/mol. The Morgan fingerprint density at radius 3 is 2.41 bits per heavy atom. The van der Waals surface area contributed by atoms with Crippen molar-refractivity contribution < 1.29 is 31.2 Å². The van der Waals surface area contributed by atoms with E-state index in [9.17, 15) is 26.4 Å². The van der Waals surface area contributed by atoms with Crippen molar-refractivity contribution in [2.45, 2.75) is 0 Å². The number of nitrogens with two attached hydrogens (primary N) is 1. The van der Waals surface area contributed by atoms with Crippen LogP contribution in [0.15, 0.2) is 23.1 Å². The van der Waals surface area contributed by atoms with Crippen molar-refractivity contribution in [3.8, 4) is 0 Å². The second-order valence-corrected chi connectivity index (χ2v) is 10.7. The highest BCUT2D eigenvalue weighted by molar-refractivity contribution is 8.00. The van der Waals surface area contributed by atoms with Crippen molar-refractivity contribution in [1.29, 1.82) is 0 Å². The van der Waals surface area contributed by atoms with Crippen LogP contribution in [0.25, 0.3) is 23.1 Å². The minimum atomic E-state index is -4.50. The fourth-order valence-electron chi connectivity index (χ4n) is 3.76. The number of Topliss-reactive ketones (excluding diaryl/α,β-unsaturated/α-hetero) is 1. The molecule has 32 heavy (non-hydrogen) atoms. The van der Waals surface area contributed by atoms with Gasteiger partial charge < -0.3 is 4.74 Å². The first-order valence-corrected chi connectivity index (χ1v) is 12.8. The molecule has 1 saturated heterocycles. The summed E-state index contributed by atoms with van der Waals surface area (Å²) in [6, 6.07) is 2.92. The summed E-state index contributed by atoms with van der Waals surface area (Å²) < 4.78 is 57.9. The summed E-state index contributed by atoms with van der Waals surface area (Å²) in [7, 11) is -8.88. The number of hydrogen-bond donors (Lipinski definition) is 2.